The minimum absolute atomic E-state index is 0.0100. The van der Waals surface area contributed by atoms with Gasteiger partial charge in [0.15, 0.2) is 0 Å². The molecule has 232 valence electrons. The van der Waals surface area contributed by atoms with Crippen LogP contribution in [0, 0.1) is 10.1 Å². The Kier molecular flexibility index (Phi) is 8.25. The van der Waals surface area contributed by atoms with Gasteiger partial charge in [0.25, 0.3) is 11.7 Å². The van der Waals surface area contributed by atoms with Crippen molar-refractivity contribution in [3.63, 3.8) is 0 Å². The third-order valence-electron chi connectivity index (χ3n) is 8.89. The van der Waals surface area contributed by atoms with Crippen LogP contribution in [0.1, 0.15) is 50.3 Å². The number of nitro benzene ring substituents is 1. The van der Waals surface area contributed by atoms with Gasteiger partial charge in [0.05, 0.1) is 18.2 Å². The van der Waals surface area contributed by atoms with Gasteiger partial charge in [-0.1, -0.05) is 37.5 Å². The first kappa shape index (κ1) is 29.9. The highest BCUT2D eigenvalue weighted by Crippen LogP contribution is 2.39. The highest BCUT2D eigenvalue weighted by Gasteiger charge is 2.40. The molecule has 0 unspecified atom stereocenters. The molecular weight excluding hydrogens is 572 g/mol. The van der Waals surface area contributed by atoms with Crippen LogP contribution in [-0.2, 0) is 16.6 Å². The van der Waals surface area contributed by atoms with Crippen molar-refractivity contribution in [1.29, 1.82) is 0 Å². The first-order chi connectivity index (χ1) is 21.8. The highest BCUT2D eigenvalue weighted by atomic mass is 16.6. The van der Waals surface area contributed by atoms with E-state index in [0.29, 0.717) is 30.0 Å². The standard InChI is InChI=1S/C34H36N6O5/c1-33(18-24-19-35-28-9-5-4-8-27(24)28,39-32-38-29(21-45-32)23-10-12-25(13-11-23)40(42)43)31(41)37-22-34(16-6-3-7-17-34)30-15-14-26(44-2)20-36-30/h4-5,8-15,19-21,35H,3,6-7,16-18,22H2,1-2H3,(H,37,41)(H,38,39)/t33-/m0/s1. The molecular formula is C34H36N6O5. The van der Waals surface area contributed by atoms with Crippen LogP contribution in [0.5, 0.6) is 5.75 Å². The summed E-state index contributed by atoms with van der Waals surface area (Å²) in [6, 6.07) is 18.2. The lowest BCUT2D eigenvalue weighted by Crippen LogP contribution is -2.55. The van der Waals surface area contributed by atoms with E-state index in [4.69, 9.17) is 14.1 Å². The Hall–Kier alpha value is -5.19. The number of nitro groups is 1. The van der Waals surface area contributed by atoms with Crippen molar-refractivity contribution in [2.75, 3.05) is 19.0 Å². The number of carbonyl (C=O) groups is 1. The Morgan fingerprint density at radius 2 is 1.89 bits per heavy atom. The van der Waals surface area contributed by atoms with Crippen LogP contribution >= 0.6 is 0 Å². The van der Waals surface area contributed by atoms with Gasteiger partial charge in [-0.25, -0.2) is 0 Å². The Morgan fingerprint density at radius 1 is 1.11 bits per heavy atom. The van der Waals surface area contributed by atoms with Crippen molar-refractivity contribution in [3.8, 4) is 17.0 Å². The maximum atomic E-state index is 14.3. The zero-order chi connectivity index (χ0) is 31.4. The molecule has 11 nitrogen and oxygen atoms in total. The van der Waals surface area contributed by atoms with Gasteiger partial charge in [0, 0.05) is 58.9 Å². The van der Waals surface area contributed by atoms with E-state index in [1.165, 1.54) is 18.4 Å². The molecule has 0 spiro atoms. The molecule has 5 aromatic rings. The van der Waals surface area contributed by atoms with Gasteiger partial charge >= 0.3 is 0 Å². The molecule has 3 heterocycles. The fourth-order valence-corrected chi connectivity index (χ4v) is 6.31. The van der Waals surface area contributed by atoms with Crippen LogP contribution in [0.25, 0.3) is 22.2 Å². The number of nitrogens with zero attached hydrogens (tertiary/aromatic N) is 3. The van der Waals surface area contributed by atoms with E-state index in [1.807, 2.05) is 49.5 Å². The van der Waals surface area contributed by atoms with Crippen LogP contribution in [0.4, 0.5) is 11.7 Å². The monoisotopic (exact) mass is 608 g/mol. The molecule has 1 aliphatic carbocycles. The van der Waals surface area contributed by atoms with Gasteiger partial charge < -0.3 is 24.8 Å². The van der Waals surface area contributed by atoms with Crippen LogP contribution < -0.4 is 15.4 Å². The quantitative estimate of drug-likeness (QED) is 0.113. The summed E-state index contributed by atoms with van der Waals surface area (Å²) in [5.74, 6) is 0.504. The Balaban J connectivity index is 1.28. The van der Waals surface area contributed by atoms with E-state index >= 15 is 0 Å². The van der Waals surface area contributed by atoms with Gasteiger partial charge in [0.1, 0.15) is 23.2 Å². The van der Waals surface area contributed by atoms with E-state index in [1.54, 1.807) is 25.4 Å². The summed E-state index contributed by atoms with van der Waals surface area (Å²) in [5, 5.41) is 18.7. The van der Waals surface area contributed by atoms with Crippen LogP contribution in [-0.4, -0.2) is 45.0 Å². The second-order valence-corrected chi connectivity index (χ2v) is 11.9. The Bertz CT molecular complexity index is 1790. The summed E-state index contributed by atoms with van der Waals surface area (Å²) in [5.41, 5.74) is 2.62. The number of nitrogens with one attached hydrogen (secondary N) is 3. The van der Waals surface area contributed by atoms with Crippen molar-refractivity contribution in [2.24, 2.45) is 0 Å². The van der Waals surface area contributed by atoms with Crippen LogP contribution in [0.2, 0.25) is 0 Å². The SMILES string of the molecule is COc1ccc(C2(CNC(=O)[C@](C)(Cc3c[nH]c4ccccc34)Nc3nc(-c4ccc([N+](=O)[O-])cc4)co3)CCCCC2)nc1. The Morgan fingerprint density at radius 3 is 2.60 bits per heavy atom. The fourth-order valence-electron chi connectivity index (χ4n) is 6.31. The number of pyridine rings is 1. The number of anilines is 1. The van der Waals surface area contributed by atoms with E-state index in [2.05, 4.69) is 20.6 Å². The molecule has 1 amide bonds. The second kappa shape index (κ2) is 12.4. The van der Waals surface area contributed by atoms with Crippen molar-refractivity contribution >= 4 is 28.5 Å². The number of hydrogen-bond donors (Lipinski definition) is 3. The number of non-ortho nitro benzene ring substituents is 1. The van der Waals surface area contributed by atoms with Crippen molar-refractivity contribution < 1.29 is 18.9 Å². The topological polar surface area (TPSA) is 148 Å². The van der Waals surface area contributed by atoms with E-state index < -0.39 is 10.5 Å². The third kappa shape index (κ3) is 6.24. The largest absolute Gasteiger partial charge is 0.495 e. The molecule has 6 rings (SSSR count). The smallest absolute Gasteiger partial charge is 0.295 e. The summed E-state index contributed by atoms with van der Waals surface area (Å²) in [7, 11) is 1.62. The van der Waals surface area contributed by atoms with Gasteiger partial charge in [-0.3, -0.25) is 19.9 Å². The molecule has 1 saturated carbocycles. The van der Waals surface area contributed by atoms with Crippen molar-refractivity contribution in [2.45, 2.75) is 56.4 Å². The zero-order valence-corrected chi connectivity index (χ0v) is 25.3. The molecule has 1 aliphatic rings. The number of carbonyl (C=O) groups excluding carboxylic acids is 1. The molecule has 0 saturated heterocycles. The number of oxazole rings is 1. The number of amides is 1. The first-order valence-electron chi connectivity index (χ1n) is 15.1. The number of fused-ring (bicyclic) bond motifs is 1. The number of rotatable bonds is 11. The predicted molar refractivity (Wildman–Crippen MR) is 171 cm³/mol. The number of H-pyrrole nitrogens is 1. The number of aromatic amines is 1. The van der Waals surface area contributed by atoms with Gasteiger partial charge in [-0.2, -0.15) is 4.98 Å². The maximum Gasteiger partial charge on any atom is 0.295 e. The summed E-state index contributed by atoms with van der Waals surface area (Å²) in [6.07, 6.45) is 10.6. The average molecular weight is 609 g/mol. The van der Waals surface area contributed by atoms with Gasteiger partial charge in [-0.15, -0.1) is 0 Å². The summed E-state index contributed by atoms with van der Waals surface area (Å²) in [6.45, 7) is 2.29. The minimum atomic E-state index is -1.15. The number of benzene rings is 2. The lowest BCUT2D eigenvalue weighted by atomic mass is 9.71. The molecule has 3 N–H and O–H groups in total. The lowest BCUT2D eigenvalue weighted by Gasteiger charge is -2.38. The van der Waals surface area contributed by atoms with Gasteiger partial charge in [-0.05, 0) is 55.7 Å². The zero-order valence-electron chi connectivity index (χ0n) is 25.3. The second-order valence-electron chi connectivity index (χ2n) is 11.9. The maximum absolute atomic E-state index is 14.3. The molecule has 0 radical (unpaired) electrons. The molecule has 11 heteroatoms. The molecule has 3 aromatic heterocycles. The summed E-state index contributed by atoms with van der Waals surface area (Å²) < 4.78 is 11.1. The first-order valence-corrected chi connectivity index (χ1v) is 15.1. The molecule has 2 aromatic carbocycles. The number of aromatic nitrogens is 3. The normalized spacial score (nSPS) is 15.7. The van der Waals surface area contributed by atoms with E-state index in [9.17, 15) is 14.9 Å². The van der Waals surface area contributed by atoms with E-state index in [-0.39, 0.29) is 23.0 Å². The number of hydrogen-bond acceptors (Lipinski definition) is 8. The van der Waals surface area contributed by atoms with Gasteiger partial charge in [0.2, 0.25) is 5.91 Å². The molecule has 1 fully saturated rings. The highest BCUT2D eigenvalue weighted by molar-refractivity contribution is 5.91. The fraction of sp³-hybridized carbons (Fsp3) is 0.324. The molecule has 0 aliphatic heterocycles. The van der Waals surface area contributed by atoms with E-state index in [0.717, 1.165) is 54.3 Å². The molecule has 45 heavy (non-hydrogen) atoms. The van der Waals surface area contributed by atoms with Crippen LogP contribution in [0.3, 0.4) is 0 Å². The number of para-hydroxylation sites is 1. The Labute approximate surface area is 260 Å². The average Bonchev–Trinajstić information content (AvgIpc) is 3.71. The van der Waals surface area contributed by atoms with Crippen molar-refractivity contribution in [3.05, 3.63) is 101 Å². The molecule has 1 atom stereocenters. The minimum Gasteiger partial charge on any atom is -0.495 e. The third-order valence-corrected chi connectivity index (χ3v) is 8.89. The number of methoxy groups -OCH3 is 1. The summed E-state index contributed by atoms with van der Waals surface area (Å²) in [4.78, 5) is 37.5. The lowest BCUT2D eigenvalue weighted by molar-refractivity contribution is -0.384. The predicted octanol–water partition coefficient (Wildman–Crippen LogP) is 6.57. The summed E-state index contributed by atoms with van der Waals surface area (Å²) >= 11 is 0. The molecule has 0 bridgehead atoms. The van der Waals surface area contributed by atoms with Crippen molar-refractivity contribution in [1.82, 2.24) is 20.3 Å². The van der Waals surface area contributed by atoms with Crippen LogP contribution in [0.15, 0.2) is 83.7 Å². The number of ether oxygens (including phenoxy) is 1.